The van der Waals surface area contributed by atoms with Crippen LogP contribution in [-0.4, -0.2) is 88.1 Å². The van der Waals surface area contributed by atoms with Crippen molar-refractivity contribution in [2.24, 2.45) is 0 Å². The molecule has 0 saturated carbocycles. The highest BCUT2D eigenvalue weighted by atomic mass is 35.5. The van der Waals surface area contributed by atoms with Crippen molar-refractivity contribution in [3.63, 3.8) is 0 Å². The molecule has 37 heavy (non-hydrogen) atoms. The molecule has 2 aliphatic heterocycles. The van der Waals surface area contributed by atoms with Crippen molar-refractivity contribution in [2.45, 2.75) is 55.6 Å². The third kappa shape index (κ3) is 6.61. The number of benzene rings is 2. The lowest BCUT2D eigenvalue weighted by Crippen LogP contribution is -2.54. The van der Waals surface area contributed by atoms with E-state index in [-0.39, 0.29) is 22.8 Å². The number of fused-ring (bicyclic) bond motifs is 1. The predicted molar refractivity (Wildman–Crippen MR) is 143 cm³/mol. The van der Waals surface area contributed by atoms with Crippen LogP contribution in [0.2, 0.25) is 5.02 Å². The molecule has 0 aliphatic carbocycles. The highest BCUT2D eigenvalue weighted by molar-refractivity contribution is 7.89. The van der Waals surface area contributed by atoms with E-state index in [9.17, 15) is 18.0 Å². The number of likely N-dealkylation sites (tertiary alicyclic amines) is 2. The molecule has 2 aromatic carbocycles. The van der Waals surface area contributed by atoms with E-state index in [1.165, 1.54) is 11.0 Å². The van der Waals surface area contributed by atoms with Crippen LogP contribution >= 0.6 is 11.6 Å². The Bertz CT molecular complexity index is 1240. The lowest BCUT2D eigenvalue weighted by molar-refractivity contribution is -0.144. The summed E-state index contributed by atoms with van der Waals surface area (Å²) in [5, 5.41) is 5.61. The second-order valence-electron chi connectivity index (χ2n) is 9.75. The van der Waals surface area contributed by atoms with E-state index in [2.05, 4.69) is 10.0 Å². The van der Waals surface area contributed by atoms with Gasteiger partial charge in [-0.05, 0) is 74.2 Å². The lowest BCUT2D eigenvalue weighted by Gasteiger charge is -2.36. The van der Waals surface area contributed by atoms with Gasteiger partial charge in [-0.1, -0.05) is 23.7 Å². The van der Waals surface area contributed by atoms with Gasteiger partial charge in [0.1, 0.15) is 12.1 Å². The van der Waals surface area contributed by atoms with Gasteiger partial charge < -0.3 is 19.9 Å². The summed E-state index contributed by atoms with van der Waals surface area (Å²) in [7, 11) is -2.25. The number of hydrogen-bond acceptors (Lipinski definition) is 6. The van der Waals surface area contributed by atoms with E-state index in [1.807, 2.05) is 4.90 Å². The molecule has 2 heterocycles. The fraction of sp³-hybridized carbons (Fsp3) is 0.538. The van der Waals surface area contributed by atoms with Crippen LogP contribution in [0.5, 0.6) is 0 Å². The molecule has 2 fully saturated rings. The molecule has 202 valence electrons. The minimum atomic E-state index is -3.93. The molecule has 11 heteroatoms. The zero-order chi connectivity index (χ0) is 26.6. The van der Waals surface area contributed by atoms with Gasteiger partial charge in [0.05, 0.1) is 4.90 Å². The Morgan fingerprint density at radius 3 is 2.70 bits per heavy atom. The molecule has 2 aromatic rings. The first-order valence-electron chi connectivity index (χ1n) is 12.7. The summed E-state index contributed by atoms with van der Waals surface area (Å²) in [6, 6.07) is 8.63. The molecule has 0 radical (unpaired) electrons. The predicted octanol–water partition coefficient (Wildman–Crippen LogP) is 2.38. The van der Waals surface area contributed by atoms with Crippen LogP contribution in [0.15, 0.2) is 41.3 Å². The third-order valence-corrected chi connectivity index (χ3v) is 8.84. The van der Waals surface area contributed by atoms with Crippen LogP contribution in [0.25, 0.3) is 10.8 Å². The zero-order valence-electron chi connectivity index (χ0n) is 21.3. The number of sulfonamides is 1. The maximum atomic E-state index is 13.3. The molecule has 2 aliphatic rings. The Morgan fingerprint density at radius 1 is 1.16 bits per heavy atom. The quantitative estimate of drug-likeness (QED) is 0.440. The van der Waals surface area contributed by atoms with Crippen molar-refractivity contribution in [1.29, 1.82) is 0 Å². The highest BCUT2D eigenvalue weighted by Gasteiger charge is 2.40. The largest absolute Gasteiger partial charge is 0.385 e. The van der Waals surface area contributed by atoms with Crippen molar-refractivity contribution in [3.8, 4) is 0 Å². The van der Waals surface area contributed by atoms with Gasteiger partial charge in [0.2, 0.25) is 21.8 Å². The fourth-order valence-electron chi connectivity index (χ4n) is 5.08. The van der Waals surface area contributed by atoms with E-state index in [1.54, 1.807) is 44.4 Å². The van der Waals surface area contributed by atoms with Gasteiger partial charge in [0.15, 0.2) is 0 Å². The fourth-order valence-corrected chi connectivity index (χ4v) is 6.52. The second-order valence-corrected chi connectivity index (χ2v) is 11.9. The van der Waals surface area contributed by atoms with Crippen LogP contribution < -0.4 is 10.0 Å². The van der Waals surface area contributed by atoms with Crippen molar-refractivity contribution in [2.75, 3.05) is 39.9 Å². The maximum absolute atomic E-state index is 13.3. The van der Waals surface area contributed by atoms with Crippen LogP contribution in [0, 0.1) is 0 Å². The van der Waals surface area contributed by atoms with Crippen molar-refractivity contribution >= 4 is 44.2 Å². The number of methoxy groups -OCH3 is 1. The van der Waals surface area contributed by atoms with Gasteiger partial charge in [-0.3, -0.25) is 9.59 Å². The summed E-state index contributed by atoms with van der Waals surface area (Å²) < 4.78 is 33.8. The Hall–Kier alpha value is -2.24. The molecule has 3 atom stereocenters. The molecule has 2 amide bonds. The average molecular weight is 551 g/mol. The minimum Gasteiger partial charge on any atom is -0.385 e. The van der Waals surface area contributed by atoms with Gasteiger partial charge in [-0.2, -0.15) is 4.72 Å². The number of carbonyl (C=O) groups excluding carboxylic acids is 2. The summed E-state index contributed by atoms with van der Waals surface area (Å²) >= 11 is 6.02. The molecular weight excluding hydrogens is 516 g/mol. The zero-order valence-corrected chi connectivity index (χ0v) is 22.9. The lowest BCUT2D eigenvalue weighted by atomic mass is 10.0. The van der Waals surface area contributed by atoms with E-state index < -0.39 is 22.1 Å². The number of rotatable bonds is 10. The number of nitrogens with one attached hydrogen (secondary N) is 2. The maximum Gasteiger partial charge on any atom is 0.245 e. The average Bonchev–Trinajstić information content (AvgIpc) is 3.24. The molecule has 9 nitrogen and oxygen atoms in total. The van der Waals surface area contributed by atoms with E-state index in [0.717, 1.165) is 36.6 Å². The van der Waals surface area contributed by atoms with Crippen molar-refractivity contribution < 1.29 is 22.7 Å². The molecular formula is C26H35ClN4O5S. The van der Waals surface area contributed by atoms with Gasteiger partial charge in [-0.15, -0.1) is 0 Å². The topological polar surface area (TPSA) is 108 Å². The number of halogens is 1. The van der Waals surface area contributed by atoms with E-state index in [0.29, 0.717) is 37.7 Å². The molecule has 0 spiro atoms. The Morgan fingerprint density at radius 2 is 1.92 bits per heavy atom. The molecule has 0 bridgehead atoms. The number of hydrogen-bond donors (Lipinski definition) is 2. The second kappa shape index (κ2) is 12.1. The normalized spacial score (nSPS) is 21.5. The highest BCUT2D eigenvalue weighted by Crippen LogP contribution is 2.24. The van der Waals surface area contributed by atoms with Gasteiger partial charge in [0.25, 0.3) is 0 Å². The van der Waals surface area contributed by atoms with Crippen LogP contribution in [0.1, 0.15) is 32.6 Å². The summed E-state index contributed by atoms with van der Waals surface area (Å²) in [5.74, 6) is -0.475. The molecule has 0 aromatic heterocycles. The first-order valence-corrected chi connectivity index (χ1v) is 14.6. The number of amides is 2. The minimum absolute atomic E-state index is 0.0788. The molecule has 1 unspecified atom stereocenters. The number of carbonyl (C=O) groups is 2. The number of nitrogens with zero attached hydrogens (tertiary/aromatic N) is 2. The Labute approximate surface area is 223 Å². The van der Waals surface area contributed by atoms with Crippen molar-refractivity contribution in [3.05, 3.63) is 41.4 Å². The van der Waals surface area contributed by atoms with Crippen LogP contribution in [0.3, 0.4) is 0 Å². The summed E-state index contributed by atoms with van der Waals surface area (Å²) in [5.41, 5.74) is 0. The van der Waals surface area contributed by atoms with E-state index >= 15 is 0 Å². The Kier molecular flexibility index (Phi) is 9.07. The smallest absolute Gasteiger partial charge is 0.245 e. The third-order valence-electron chi connectivity index (χ3n) is 7.14. The van der Waals surface area contributed by atoms with Crippen LogP contribution in [0.4, 0.5) is 0 Å². The van der Waals surface area contributed by atoms with E-state index in [4.69, 9.17) is 16.3 Å². The summed E-state index contributed by atoms with van der Waals surface area (Å²) in [6.07, 6.45) is 3.11. The van der Waals surface area contributed by atoms with Gasteiger partial charge >= 0.3 is 0 Å². The first-order chi connectivity index (χ1) is 17.7. The Balaban J connectivity index is 1.36. The van der Waals surface area contributed by atoms with Gasteiger partial charge in [0, 0.05) is 44.4 Å². The molecule has 2 N–H and O–H groups in total. The van der Waals surface area contributed by atoms with Crippen molar-refractivity contribution in [1.82, 2.24) is 19.8 Å². The molecule has 4 rings (SSSR count). The SMILES string of the molecule is COCCCNC1CCCN(C(=O)[C@H](C)N2CC[C@H](NS(=O)(=O)c3ccc4cc(Cl)ccc4c3)C2=O)C1. The number of ether oxygens (including phenoxy) is 1. The monoisotopic (exact) mass is 550 g/mol. The molecule has 2 saturated heterocycles. The van der Waals surface area contributed by atoms with Crippen LogP contribution in [-0.2, 0) is 24.3 Å². The number of piperidine rings is 1. The standard InChI is InChI=1S/C26H35ClN4O5S/c1-18(25(32)30-12-3-5-22(17-30)28-11-4-14-36-2)31-13-10-24(26(31)33)29-37(34,35)23-9-7-19-15-21(27)8-6-20(19)16-23/h6-9,15-16,18,22,24,28-29H,3-5,10-14,17H2,1-2H3/t18-,22?,24-/m0/s1. The first kappa shape index (κ1) is 27.8. The van der Waals surface area contributed by atoms with Gasteiger partial charge in [-0.25, -0.2) is 8.42 Å². The summed E-state index contributed by atoms with van der Waals surface area (Å²) in [4.78, 5) is 29.8. The summed E-state index contributed by atoms with van der Waals surface area (Å²) in [6.45, 7) is 4.82.